The largest absolute Gasteiger partial charge is 0.493 e. The van der Waals surface area contributed by atoms with Crippen LogP contribution in [0.25, 0.3) is 22.8 Å². The number of nitrogen functional groups attached to an aromatic ring is 1. The van der Waals surface area contributed by atoms with Crippen molar-refractivity contribution in [1.82, 2.24) is 14.5 Å². The van der Waals surface area contributed by atoms with Crippen molar-refractivity contribution in [3.05, 3.63) is 30.0 Å². The molecule has 7 heteroatoms. The molecule has 0 bridgehead atoms. The molecule has 1 aromatic carbocycles. The highest BCUT2D eigenvalue weighted by Gasteiger charge is 2.19. The van der Waals surface area contributed by atoms with Gasteiger partial charge in [0.15, 0.2) is 0 Å². The lowest BCUT2D eigenvalue weighted by molar-refractivity contribution is 0.341. The minimum atomic E-state index is 0.375. The van der Waals surface area contributed by atoms with Crippen LogP contribution in [0, 0.1) is 6.92 Å². The normalized spacial score (nSPS) is 10.8. The molecule has 0 aliphatic rings. The molecule has 0 amide bonds. The molecule has 3 aromatic rings. The summed E-state index contributed by atoms with van der Waals surface area (Å²) in [6, 6.07) is 7.57. The van der Waals surface area contributed by atoms with Gasteiger partial charge in [-0.3, -0.25) is 0 Å². The highest BCUT2D eigenvalue weighted by atomic mass is 32.1. The Morgan fingerprint density at radius 2 is 2.14 bits per heavy atom. The Kier molecular flexibility index (Phi) is 3.57. The fourth-order valence-electron chi connectivity index (χ4n) is 2.01. The van der Waals surface area contributed by atoms with Crippen molar-refractivity contribution in [2.45, 2.75) is 13.8 Å². The maximum Gasteiger partial charge on any atom is 0.263 e. The van der Waals surface area contributed by atoms with Gasteiger partial charge >= 0.3 is 0 Å². The Morgan fingerprint density at radius 1 is 1.33 bits per heavy atom. The van der Waals surface area contributed by atoms with Crippen LogP contribution in [0.15, 0.2) is 28.8 Å². The molecule has 2 heterocycles. The summed E-state index contributed by atoms with van der Waals surface area (Å²) >= 11 is 1.22. The van der Waals surface area contributed by atoms with Crippen molar-refractivity contribution in [2.75, 3.05) is 12.3 Å². The minimum absolute atomic E-state index is 0.375. The fraction of sp³-hybridized carbons (Fsp3) is 0.214. The molecule has 0 fully saturated rings. The average molecular weight is 302 g/mol. The van der Waals surface area contributed by atoms with Crippen molar-refractivity contribution in [2.24, 2.45) is 0 Å². The maximum absolute atomic E-state index is 5.90. The zero-order valence-corrected chi connectivity index (χ0v) is 12.5. The fourth-order valence-corrected chi connectivity index (χ4v) is 2.67. The van der Waals surface area contributed by atoms with Gasteiger partial charge in [0.2, 0.25) is 5.82 Å². The highest BCUT2D eigenvalue weighted by molar-refractivity contribution is 7.10. The lowest BCUT2D eigenvalue weighted by atomic mass is 10.2. The van der Waals surface area contributed by atoms with Gasteiger partial charge in [-0.25, -0.2) is 0 Å². The molecule has 108 valence electrons. The van der Waals surface area contributed by atoms with E-state index in [2.05, 4.69) is 14.5 Å². The van der Waals surface area contributed by atoms with E-state index in [1.165, 1.54) is 11.5 Å². The first-order chi connectivity index (χ1) is 10.2. The van der Waals surface area contributed by atoms with Crippen LogP contribution in [0.2, 0.25) is 0 Å². The number of nitrogens with two attached hydrogens (primary N) is 1. The van der Waals surface area contributed by atoms with Gasteiger partial charge < -0.3 is 15.0 Å². The number of hydrogen-bond acceptors (Lipinski definition) is 7. The third kappa shape index (κ3) is 2.47. The van der Waals surface area contributed by atoms with E-state index >= 15 is 0 Å². The van der Waals surface area contributed by atoms with Gasteiger partial charge in [-0.15, -0.1) is 0 Å². The Hall–Kier alpha value is -2.41. The van der Waals surface area contributed by atoms with Crippen LogP contribution in [0.5, 0.6) is 5.75 Å². The molecule has 0 unspecified atom stereocenters. The number of ether oxygens (including phenoxy) is 1. The first-order valence-electron chi connectivity index (χ1n) is 6.48. The molecular weight excluding hydrogens is 288 g/mol. The van der Waals surface area contributed by atoms with E-state index in [1.54, 1.807) is 0 Å². The van der Waals surface area contributed by atoms with Crippen LogP contribution >= 0.6 is 11.5 Å². The first-order valence-corrected chi connectivity index (χ1v) is 7.26. The van der Waals surface area contributed by atoms with Crippen LogP contribution in [0.3, 0.4) is 0 Å². The Morgan fingerprint density at radius 3 is 2.86 bits per heavy atom. The number of hydrogen-bond donors (Lipinski definition) is 1. The molecule has 0 saturated carbocycles. The summed E-state index contributed by atoms with van der Waals surface area (Å²) in [5.74, 6) is 1.57. The van der Waals surface area contributed by atoms with Gasteiger partial charge in [-0.05, 0) is 37.5 Å². The molecule has 21 heavy (non-hydrogen) atoms. The molecule has 0 spiro atoms. The van der Waals surface area contributed by atoms with Gasteiger partial charge in [0.25, 0.3) is 5.89 Å². The third-order valence-corrected chi connectivity index (χ3v) is 3.72. The van der Waals surface area contributed by atoms with E-state index in [0.717, 1.165) is 17.0 Å². The third-order valence-electron chi connectivity index (χ3n) is 2.96. The molecule has 2 N–H and O–H groups in total. The number of rotatable bonds is 4. The molecule has 0 aliphatic heterocycles. The standard InChI is InChI=1S/C14H14N4O2S/c1-3-19-10-7-5-4-6-9(10)13-16-14(20-17-13)11-8(2)18-21-12(11)15/h4-7H,3,15H2,1-2H3. The van der Waals surface area contributed by atoms with Gasteiger partial charge in [0.1, 0.15) is 10.8 Å². The zero-order chi connectivity index (χ0) is 14.8. The van der Waals surface area contributed by atoms with Crippen molar-refractivity contribution < 1.29 is 9.26 Å². The Bertz CT molecular complexity index is 746. The lowest BCUT2D eigenvalue weighted by Gasteiger charge is -2.05. The smallest absolute Gasteiger partial charge is 0.263 e. The molecular formula is C14H14N4O2S. The molecule has 6 nitrogen and oxygen atoms in total. The van der Waals surface area contributed by atoms with Crippen molar-refractivity contribution in [3.63, 3.8) is 0 Å². The van der Waals surface area contributed by atoms with Gasteiger partial charge in [-0.2, -0.15) is 9.36 Å². The number of nitrogens with zero attached hydrogens (tertiary/aromatic N) is 3. The predicted molar refractivity (Wildman–Crippen MR) is 81.2 cm³/mol. The second-order valence-corrected chi connectivity index (χ2v) is 5.16. The summed E-state index contributed by atoms with van der Waals surface area (Å²) in [6.45, 7) is 4.36. The number of benzene rings is 1. The van der Waals surface area contributed by atoms with E-state index < -0.39 is 0 Å². The van der Waals surface area contributed by atoms with Gasteiger partial charge in [-0.1, -0.05) is 17.3 Å². The maximum atomic E-state index is 5.90. The van der Waals surface area contributed by atoms with Crippen LogP contribution in [-0.4, -0.2) is 21.1 Å². The van der Waals surface area contributed by atoms with Crippen molar-refractivity contribution in [1.29, 1.82) is 0 Å². The highest BCUT2D eigenvalue weighted by Crippen LogP contribution is 2.34. The molecule has 3 rings (SSSR count). The number of aryl methyl sites for hydroxylation is 1. The van der Waals surface area contributed by atoms with Crippen LogP contribution in [0.1, 0.15) is 12.6 Å². The summed E-state index contributed by atoms with van der Waals surface area (Å²) in [5, 5.41) is 4.59. The second-order valence-electron chi connectivity index (χ2n) is 4.36. The predicted octanol–water partition coefficient (Wildman–Crippen LogP) is 3.15. The lowest BCUT2D eigenvalue weighted by Crippen LogP contribution is -1.94. The second kappa shape index (κ2) is 5.53. The number of aromatic nitrogens is 3. The van der Waals surface area contributed by atoms with Crippen molar-refractivity contribution in [3.8, 4) is 28.6 Å². The number of anilines is 1. The first kappa shape index (κ1) is 13.6. The quantitative estimate of drug-likeness (QED) is 0.796. The Balaban J connectivity index is 2.03. The van der Waals surface area contributed by atoms with Crippen molar-refractivity contribution >= 4 is 16.5 Å². The summed E-state index contributed by atoms with van der Waals surface area (Å²) in [7, 11) is 0. The summed E-state index contributed by atoms with van der Waals surface area (Å²) in [6.07, 6.45) is 0. The van der Waals surface area contributed by atoms with Crippen LogP contribution < -0.4 is 10.5 Å². The summed E-state index contributed by atoms with van der Waals surface area (Å²) < 4.78 is 15.1. The molecule has 0 aliphatic carbocycles. The van der Waals surface area contributed by atoms with E-state index in [4.69, 9.17) is 15.0 Å². The van der Waals surface area contributed by atoms with Crippen LogP contribution in [0.4, 0.5) is 5.00 Å². The summed E-state index contributed by atoms with van der Waals surface area (Å²) in [4.78, 5) is 4.42. The average Bonchev–Trinajstić information content (AvgIpc) is 3.07. The van der Waals surface area contributed by atoms with E-state index in [-0.39, 0.29) is 0 Å². The minimum Gasteiger partial charge on any atom is -0.493 e. The zero-order valence-electron chi connectivity index (χ0n) is 11.7. The topological polar surface area (TPSA) is 87.1 Å². The molecule has 0 saturated heterocycles. The molecule has 0 radical (unpaired) electrons. The SMILES string of the molecule is CCOc1ccccc1-c1noc(-c2c(C)nsc2N)n1. The molecule has 2 aromatic heterocycles. The monoisotopic (exact) mass is 302 g/mol. The van der Waals surface area contributed by atoms with E-state index in [9.17, 15) is 0 Å². The molecule has 0 atom stereocenters. The van der Waals surface area contributed by atoms with E-state index in [1.807, 2.05) is 38.1 Å². The van der Waals surface area contributed by atoms with Gasteiger partial charge in [0, 0.05) is 0 Å². The number of para-hydroxylation sites is 1. The van der Waals surface area contributed by atoms with Gasteiger partial charge in [0.05, 0.1) is 23.4 Å². The van der Waals surface area contributed by atoms with Crippen LogP contribution in [-0.2, 0) is 0 Å². The van der Waals surface area contributed by atoms with E-state index in [0.29, 0.717) is 28.9 Å². The Labute approximate surface area is 125 Å². The summed E-state index contributed by atoms with van der Waals surface area (Å²) in [5.41, 5.74) is 8.17.